The number of carboxylic acids is 1. The summed E-state index contributed by atoms with van der Waals surface area (Å²) in [6.07, 6.45) is 8.98. The second-order valence-corrected chi connectivity index (χ2v) is 5.12. The lowest BCUT2D eigenvalue weighted by Crippen LogP contribution is -1.95. The van der Waals surface area contributed by atoms with Gasteiger partial charge in [0.1, 0.15) is 4.88 Å². The molecule has 1 aromatic heterocycles. The minimum Gasteiger partial charge on any atom is -0.477 e. The molecule has 2 rings (SSSR count). The first-order valence-corrected chi connectivity index (χ1v) is 6.28. The fourth-order valence-electron chi connectivity index (χ4n) is 2.10. The summed E-state index contributed by atoms with van der Waals surface area (Å²) in [5, 5.41) is 9.84. The standard InChI is InChI=1S/C11H15NO2S/c13-11(14)9-7-12-10(15-9)8-5-3-1-2-4-6-8/h7-8H,1-6H2,(H,13,14). The van der Waals surface area contributed by atoms with E-state index < -0.39 is 5.97 Å². The molecule has 0 amide bonds. The largest absolute Gasteiger partial charge is 0.477 e. The van der Waals surface area contributed by atoms with Gasteiger partial charge in [-0.05, 0) is 12.8 Å². The van der Waals surface area contributed by atoms with Crippen molar-refractivity contribution in [3.63, 3.8) is 0 Å². The third-order valence-corrected chi connectivity index (χ3v) is 4.09. The van der Waals surface area contributed by atoms with Gasteiger partial charge in [0.2, 0.25) is 0 Å². The summed E-state index contributed by atoms with van der Waals surface area (Å²) in [5.74, 6) is -0.349. The lowest BCUT2D eigenvalue weighted by Gasteiger charge is -2.09. The van der Waals surface area contributed by atoms with E-state index in [-0.39, 0.29) is 0 Å². The van der Waals surface area contributed by atoms with Crippen molar-refractivity contribution in [2.24, 2.45) is 0 Å². The van der Waals surface area contributed by atoms with E-state index in [1.54, 1.807) is 0 Å². The Labute approximate surface area is 93.2 Å². The average Bonchev–Trinajstić information content (AvgIpc) is 2.55. The maximum Gasteiger partial charge on any atom is 0.347 e. The van der Waals surface area contributed by atoms with E-state index in [0.717, 1.165) is 5.01 Å². The predicted molar refractivity (Wildman–Crippen MR) is 59.5 cm³/mol. The van der Waals surface area contributed by atoms with Crippen LogP contribution in [0, 0.1) is 0 Å². The van der Waals surface area contributed by atoms with E-state index in [0.29, 0.717) is 10.8 Å². The van der Waals surface area contributed by atoms with Gasteiger partial charge in [0.25, 0.3) is 0 Å². The fourth-order valence-corrected chi connectivity index (χ4v) is 3.03. The Morgan fingerprint density at radius 3 is 2.53 bits per heavy atom. The molecule has 0 spiro atoms. The molecule has 1 N–H and O–H groups in total. The van der Waals surface area contributed by atoms with Crippen LogP contribution in [0.25, 0.3) is 0 Å². The molecule has 4 heteroatoms. The molecule has 1 heterocycles. The first-order chi connectivity index (χ1) is 7.27. The molecule has 1 aliphatic carbocycles. The number of carboxylic acid groups (broad SMARTS) is 1. The normalized spacial score (nSPS) is 18.7. The van der Waals surface area contributed by atoms with E-state index in [9.17, 15) is 4.79 Å². The van der Waals surface area contributed by atoms with E-state index in [4.69, 9.17) is 5.11 Å². The highest BCUT2D eigenvalue weighted by atomic mass is 32.1. The molecular weight excluding hydrogens is 210 g/mol. The molecule has 1 saturated carbocycles. The molecule has 3 nitrogen and oxygen atoms in total. The van der Waals surface area contributed by atoms with Crippen LogP contribution in [0.5, 0.6) is 0 Å². The first kappa shape index (κ1) is 10.6. The van der Waals surface area contributed by atoms with E-state index >= 15 is 0 Å². The minimum atomic E-state index is -0.854. The Morgan fingerprint density at radius 2 is 2.00 bits per heavy atom. The van der Waals surface area contributed by atoms with Gasteiger partial charge in [-0.1, -0.05) is 25.7 Å². The van der Waals surface area contributed by atoms with Crippen LogP contribution in [0.4, 0.5) is 0 Å². The van der Waals surface area contributed by atoms with Crippen LogP contribution in [0.1, 0.15) is 59.1 Å². The van der Waals surface area contributed by atoms with Gasteiger partial charge >= 0.3 is 5.97 Å². The highest BCUT2D eigenvalue weighted by Crippen LogP contribution is 2.33. The molecule has 0 bridgehead atoms. The fraction of sp³-hybridized carbons (Fsp3) is 0.636. The molecule has 0 aromatic carbocycles. The van der Waals surface area contributed by atoms with Gasteiger partial charge in [-0.25, -0.2) is 9.78 Å². The summed E-state index contributed by atoms with van der Waals surface area (Å²) >= 11 is 1.35. The van der Waals surface area contributed by atoms with Crippen LogP contribution in [0.15, 0.2) is 6.20 Å². The number of aromatic nitrogens is 1. The summed E-state index contributed by atoms with van der Waals surface area (Å²) in [6.45, 7) is 0. The van der Waals surface area contributed by atoms with Crippen LogP contribution in [0.2, 0.25) is 0 Å². The second kappa shape index (κ2) is 4.75. The Hall–Kier alpha value is -0.900. The Kier molecular flexibility index (Phi) is 3.36. The third kappa shape index (κ3) is 2.56. The predicted octanol–water partition coefficient (Wildman–Crippen LogP) is 3.28. The smallest absolute Gasteiger partial charge is 0.347 e. The SMILES string of the molecule is O=C(O)c1cnc(C2CCCCCC2)s1. The maximum atomic E-state index is 10.7. The van der Waals surface area contributed by atoms with Crippen molar-refractivity contribution in [3.8, 4) is 0 Å². The van der Waals surface area contributed by atoms with Crippen molar-refractivity contribution in [1.29, 1.82) is 0 Å². The van der Waals surface area contributed by atoms with Gasteiger partial charge in [-0.15, -0.1) is 11.3 Å². The Morgan fingerprint density at radius 1 is 1.33 bits per heavy atom. The van der Waals surface area contributed by atoms with E-state index in [2.05, 4.69) is 4.98 Å². The summed E-state index contributed by atoms with van der Waals surface area (Å²) < 4.78 is 0. The van der Waals surface area contributed by atoms with Crippen LogP contribution in [-0.4, -0.2) is 16.1 Å². The second-order valence-electron chi connectivity index (χ2n) is 4.06. The van der Waals surface area contributed by atoms with Crippen LogP contribution in [0.3, 0.4) is 0 Å². The zero-order chi connectivity index (χ0) is 10.7. The van der Waals surface area contributed by atoms with Crippen molar-refractivity contribution in [2.45, 2.75) is 44.4 Å². The van der Waals surface area contributed by atoms with Gasteiger partial charge in [0.15, 0.2) is 0 Å². The Bertz CT molecular complexity index is 340. The summed E-state index contributed by atoms with van der Waals surface area (Å²) in [7, 11) is 0. The van der Waals surface area contributed by atoms with Crippen molar-refractivity contribution < 1.29 is 9.90 Å². The number of rotatable bonds is 2. The Balaban J connectivity index is 2.10. The van der Waals surface area contributed by atoms with Crippen molar-refractivity contribution >= 4 is 17.3 Å². The van der Waals surface area contributed by atoms with Crippen molar-refractivity contribution in [3.05, 3.63) is 16.1 Å². The number of aromatic carboxylic acids is 1. The third-order valence-electron chi connectivity index (χ3n) is 2.94. The van der Waals surface area contributed by atoms with Crippen LogP contribution < -0.4 is 0 Å². The van der Waals surface area contributed by atoms with Crippen LogP contribution in [-0.2, 0) is 0 Å². The van der Waals surface area contributed by atoms with Gasteiger partial charge in [-0.3, -0.25) is 0 Å². The van der Waals surface area contributed by atoms with E-state index in [1.165, 1.54) is 56.1 Å². The maximum absolute atomic E-state index is 10.7. The van der Waals surface area contributed by atoms with Gasteiger partial charge in [-0.2, -0.15) is 0 Å². The minimum absolute atomic E-state index is 0.370. The molecule has 1 aromatic rings. The first-order valence-electron chi connectivity index (χ1n) is 5.46. The number of thiazole rings is 1. The lowest BCUT2D eigenvalue weighted by molar-refractivity contribution is 0.0702. The number of hydrogen-bond donors (Lipinski definition) is 1. The average molecular weight is 225 g/mol. The number of hydrogen-bond acceptors (Lipinski definition) is 3. The van der Waals surface area contributed by atoms with E-state index in [1.807, 2.05) is 0 Å². The highest BCUT2D eigenvalue weighted by Gasteiger charge is 2.19. The van der Waals surface area contributed by atoms with Gasteiger partial charge < -0.3 is 5.11 Å². The van der Waals surface area contributed by atoms with Crippen molar-refractivity contribution in [1.82, 2.24) is 4.98 Å². The molecule has 0 atom stereocenters. The molecule has 15 heavy (non-hydrogen) atoms. The van der Waals surface area contributed by atoms with Gasteiger partial charge in [0, 0.05) is 5.92 Å². The molecular formula is C11H15NO2S. The zero-order valence-corrected chi connectivity index (χ0v) is 9.42. The number of carbonyl (C=O) groups is 1. The quantitative estimate of drug-likeness (QED) is 0.786. The topological polar surface area (TPSA) is 50.2 Å². The molecule has 1 fully saturated rings. The molecule has 0 aliphatic heterocycles. The monoisotopic (exact) mass is 225 g/mol. The van der Waals surface area contributed by atoms with Gasteiger partial charge in [0.05, 0.1) is 11.2 Å². The summed E-state index contributed by atoms with van der Waals surface area (Å²) in [6, 6.07) is 0. The highest BCUT2D eigenvalue weighted by molar-refractivity contribution is 7.13. The van der Waals surface area contributed by atoms with Crippen LogP contribution >= 0.6 is 11.3 Å². The van der Waals surface area contributed by atoms with Crippen molar-refractivity contribution in [2.75, 3.05) is 0 Å². The molecule has 0 radical (unpaired) electrons. The molecule has 0 unspecified atom stereocenters. The summed E-state index contributed by atoms with van der Waals surface area (Å²) in [5.41, 5.74) is 0. The molecule has 0 saturated heterocycles. The zero-order valence-electron chi connectivity index (χ0n) is 8.61. The molecule has 82 valence electrons. The number of nitrogens with zero attached hydrogens (tertiary/aromatic N) is 1. The molecule has 1 aliphatic rings. The summed E-state index contributed by atoms with van der Waals surface area (Å²) in [4.78, 5) is 15.3. The lowest BCUT2D eigenvalue weighted by atomic mass is 10.0.